The molecule has 1 aliphatic rings. The molecule has 4 nitrogen and oxygen atoms in total. The van der Waals surface area contributed by atoms with Gasteiger partial charge >= 0.3 is 5.97 Å². The van der Waals surface area contributed by atoms with E-state index < -0.39 is 17.7 Å². The van der Waals surface area contributed by atoms with Crippen LogP contribution in [0.25, 0.3) is 0 Å². The van der Waals surface area contributed by atoms with Gasteiger partial charge in [0.05, 0.1) is 12.7 Å². The molecule has 4 heteroatoms. The van der Waals surface area contributed by atoms with E-state index in [1.54, 1.807) is 6.92 Å². The van der Waals surface area contributed by atoms with Crippen LogP contribution in [0.15, 0.2) is 17.4 Å². The van der Waals surface area contributed by atoms with Gasteiger partial charge in [-0.05, 0) is 25.3 Å². The molecule has 3 atom stereocenters. The Hall–Kier alpha value is -1.09. The molecule has 3 unspecified atom stereocenters. The number of esters is 1. The van der Waals surface area contributed by atoms with Crippen molar-refractivity contribution in [2.75, 3.05) is 6.61 Å². The minimum absolute atomic E-state index is 0.165. The molecule has 0 aromatic heterocycles. The van der Waals surface area contributed by atoms with Crippen molar-refractivity contribution in [1.82, 2.24) is 0 Å². The van der Waals surface area contributed by atoms with E-state index in [0.717, 1.165) is 19.3 Å². The summed E-state index contributed by atoms with van der Waals surface area (Å²) in [5.74, 6) is -0.0858. The number of hydrogen-bond donors (Lipinski definition) is 1. The highest BCUT2D eigenvalue weighted by Crippen LogP contribution is 2.34. The second kappa shape index (κ2) is 7.79. The summed E-state index contributed by atoms with van der Waals surface area (Å²) in [5.41, 5.74) is 2.64. The molecule has 1 heterocycles. The Labute approximate surface area is 127 Å². The van der Waals surface area contributed by atoms with Gasteiger partial charge in [-0.2, -0.15) is 0 Å². The molecule has 0 aromatic carbocycles. The van der Waals surface area contributed by atoms with Gasteiger partial charge in [-0.3, -0.25) is 4.79 Å². The first-order valence-electron chi connectivity index (χ1n) is 7.77. The van der Waals surface area contributed by atoms with Gasteiger partial charge in [-0.15, -0.1) is 5.73 Å². The lowest BCUT2D eigenvalue weighted by molar-refractivity contribution is -0.178. The van der Waals surface area contributed by atoms with Gasteiger partial charge < -0.3 is 14.6 Å². The Morgan fingerprint density at radius 2 is 2.29 bits per heavy atom. The lowest BCUT2D eigenvalue weighted by Gasteiger charge is -2.41. The Balaban J connectivity index is 3.08. The summed E-state index contributed by atoms with van der Waals surface area (Å²) in [6.07, 6.45) is 4.00. The second-order valence-corrected chi connectivity index (χ2v) is 6.18. The largest absolute Gasteiger partial charge is 0.457 e. The molecule has 21 heavy (non-hydrogen) atoms. The number of aliphatic hydroxyl groups is 1. The van der Waals surface area contributed by atoms with Crippen LogP contribution in [0.2, 0.25) is 0 Å². The number of ether oxygens (including phenoxy) is 2. The summed E-state index contributed by atoms with van der Waals surface area (Å²) >= 11 is 0. The molecule has 120 valence electrons. The number of carbonyl (C=O) groups is 1. The van der Waals surface area contributed by atoms with Crippen LogP contribution in [0, 0.1) is 5.92 Å². The van der Waals surface area contributed by atoms with Gasteiger partial charge in [0.15, 0.2) is 6.10 Å². The van der Waals surface area contributed by atoms with Crippen molar-refractivity contribution in [3.05, 3.63) is 17.4 Å². The summed E-state index contributed by atoms with van der Waals surface area (Å²) in [4.78, 5) is 11.2. The average Bonchev–Trinajstić information content (AvgIpc) is 2.37. The van der Waals surface area contributed by atoms with Crippen molar-refractivity contribution >= 4 is 5.97 Å². The van der Waals surface area contributed by atoms with Crippen molar-refractivity contribution in [1.29, 1.82) is 0 Å². The predicted molar refractivity (Wildman–Crippen MR) is 81.9 cm³/mol. The monoisotopic (exact) mass is 296 g/mol. The molecule has 0 spiro atoms. The quantitative estimate of drug-likeness (QED) is 0.626. The van der Waals surface area contributed by atoms with Gasteiger partial charge in [0.25, 0.3) is 0 Å². The molecular weight excluding hydrogens is 268 g/mol. The second-order valence-electron chi connectivity index (χ2n) is 6.18. The van der Waals surface area contributed by atoms with Crippen molar-refractivity contribution in [3.8, 4) is 0 Å². The molecular formula is C17H28O4. The Morgan fingerprint density at radius 3 is 2.81 bits per heavy atom. The molecule has 1 fully saturated rings. The van der Waals surface area contributed by atoms with E-state index in [0.29, 0.717) is 11.5 Å². The third kappa shape index (κ3) is 4.99. The lowest BCUT2D eigenvalue weighted by Crippen LogP contribution is -2.54. The third-order valence-electron chi connectivity index (χ3n) is 3.64. The third-order valence-corrected chi connectivity index (χ3v) is 3.64. The van der Waals surface area contributed by atoms with Crippen LogP contribution in [0.3, 0.4) is 0 Å². The fourth-order valence-corrected chi connectivity index (χ4v) is 2.41. The Morgan fingerprint density at radius 1 is 1.62 bits per heavy atom. The lowest BCUT2D eigenvalue weighted by atomic mass is 9.82. The summed E-state index contributed by atoms with van der Waals surface area (Å²) in [7, 11) is 0. The number of rotatable bonds is 5. The highest BCUT2D eigenvalue weighted by atomic mass is 16.6. The predicted octanol–water partition coefficient (Wildman–Crippen LogP) is 3.00. The van der Waals surface area contributed by atoms with E-state index >= 15 is 0 Å². The maximum absolute atomic E-state index is 11.2. The van der Waals surface area contributed by atoms with Crippen molar-refractivity contribution in [2.45, 2.75) is 71.7 Å². The van der Waals surface area contributed by atoms with Crippen LogP contribution in [0.4, 0.5) is 0 Å². The van der Waals surface area contributed by atoms with Crippen LogP contribution >= 0.6 is 0 Å². The van der Waals surface area contributed by atoms with Crippen molar-refractivity contribution in [2.24, 2.45) is 5.92 Å². The first-order chi connectivity index (χ1) is 9.78. The van der Waals surface area contributed by atoms with Crippen LogP contribution in [0.1, 0.15) is 53.9 Å². The van der Waals surface area contributed by atoms with Crippen LogP contribution in [-0.2, 0) is 14.3 Å². The fourth-order valence-electron chi connectivity index (χ4n) is 2.41. The average molecular weight is 296 g/mol. The number of hydrogen-bond acceptors (Lipinski definition) is 4. The maximum atomic E-state index is 11.2. The highest BCUT2D eigenvalue weighted by molar-refractivity contribution is 5.66. The van der Waals surface area contributed by atoms with Crippen LogP contribution < -0.4 is 0 Å². The molecule has 1 aliphatic heterocycles. The summed E-state index contributed by atoms with van der Waals surface area (Å²) in [5, 5.41) is 10.8. The molecule has 0 aliphatic carbocycles. The van der Waals surface area contributed by atoms with Gasteiger partial charge in [-0.25, -0.2) is 0 Å². The molecule has 0 aromatic rings. The molecule has 0 amide bonds. The zero-order chi connectivity index (χ0) is 16.0. The molecule has 0 radical (unpaired) electrons. The van der Waals surface area contributed by atoms with E-state index in [-0.39, 0.29) is 12.7 Å². The minimum Gasteiger partial charge on any atom is -0.457 e. The zero-order valence-corrected chi connectivity index (χ0v) is 13.8. The smallest absolute Gasteiger partial charge is 0.303 e. The summed E-state index contributed by atoms with van der Waals surface area (Å²) in [6.45, 7) is 9.46. The van der Waals surface area contributed by atoms with E-state index in [9.17, 15) is 9.90 Å². The van der Waals surface area contributed by atoms with Crippen molar-refractivity contribution < 1.29 is 19.4 Å². The molecule has 1 rings (SSSR count). The van der Waals surface area contributed by atoms with Gasteiger partial charge in [0.1, 0.15) is 5.60 Å². The Kier molecular flexibility index (Phi) is 6.66. The van der Waals surface area contributed by atoms with Gasteiger partial charge in [0, 0.05) is 12.5 Å². The summed E-state index contributed by atoms with van der Waals surface area (Å²) < 4.78 is 11.0. The molecule has 1 N–H and O–H groups in total. The van der Waals surface area contributed by atoms with Gasteiger partial charge in [0.2, 0.25) is 0 Å². The van der Waals surface area contributed by atoms with Gasteiger partial charge in [-0.1, -0.05) is 33.6 Å². The molecule has 1 saturated heterocycles. The van der Waals surface area contributed by atoms with E-state index in [4.69, 9.17) is 9.47 Å². The zero-order valence-electron chi connectivity index (χ0n) is 13.8. The van der Waals surface area contributed by atoms with E-state index in [2.05, 4.69) is 26.5 Å². The normalized spacial score (nSPS) is 29.2. The fraction of sp³-hybridized carbons (Fsp3) is 0.765. The number of carbonyl (C=O) groups excluding carboxylic acids is 1. The maximum Gasteiger partial charge on any atom is 0.303 e. The summed E-state index contributed by atoms with van der Waals surface area (Å²) in [6, 6.07) is 0. The van der Waals surface area contributed by atoms with Crippen LogP contribution in [0.5, 0.6) is 0 Å². The van der Waals surface area contributed by atoms with Crippen molar-refractivity contribution in [3.63, 3.8) is 0 Å². The molecule has 0 bridgehead atoms. The number of unbranched alkanes of at least 4 members (excludes halogenated alkanes) is 1. The van der Waals surface area contributed by atoms with E-state index in [1.165, 1.54) is 6.92 Å². The van der Waals surface area contributed by atoms with Crippen LogP contribution in [-0.4, -0.2) is 35.5 Å². The first-order valence-corrected chi connectivity index (χ1v) is 7.77. The molecule has 0 saturated carbocycles. The standard InChI is InChI=1S/C17H28O4/c1-6-7-8-15-14(10-9-12(2)3)17(5,19)16(11-20-15)21-13(4)18/h9,12,15-16,19H,6-8,11H2,1-5H3. The topological polar surface area (TPSA) is 55.8 Å². The SMILES string of the molecule is CCCCC1OCC(OC(C)=O)C(C)(O)C1=C=CC(C)C. The highest BCUT2D eigenvalue weighted by Gasteiger charge is 2.46. The minimum atomic E-state index is -1.24. The first kappa shape index (κ1) is 18.0. The Bertz CT molecular complexity index is 417. The van der Waals surface area contributed by atoms with E-state index in [1.807, 2.05) is 6.08 Å².